The number of hydrogen-bond acceptors (Lipinski definition) is 3. The van der Waals surface area contributed by atoms with Crippen LogP contribution in [0.15, 0.2) is 42.5 Å². The smallest absolute Gasteiger partial charge is 0.255 e. The van der Waals surface area contributed by atoms with Crippen molar-refractivity contribution in [2.45, 2.75) is 13.5 Å². The van der Waals surface area contributed by atoms with Gasteiger partial charge in [-0.2, -0.15) is 0 Å². The molecule has 0 heterocycles. The van der Waals surface area contributed by atoms with E-state index in [9.17, 15) is 9.90 Å². The number of methoxy groups -OCH3 is 1. The maximum Gasteiger partial charge on any atom is 0.255 e. The fourth-order valence-corrected chi connectivity index (χ4v) is 1.94. The zero-order valence-corrected chi connectivity index (χ0v) is 11.5. The van der Waals surface area contributed by atoms with Crippen LogP contribution in [0.5, 0.6) is 5.75 Å². The molecule has 2 rings (SSSR count). The first kappa shape index (κ1) is 14.1. The number of nitrogens with one attached hydrogen (secondary N) is 1. The van der Waals surface area contributed by atoms with Gasteiger partial charge in [-0.15, -0.1) is 0 Å². The van der Waals surface area contributed by atoms with Crippen LogP contribution in [-0.2, 0) is 6.61 Å². The van der Waals surface area contributed by atoms with Crippen molar-refractivity contribution in [2.24, 2.45) is 0 Å². The lowest BCUT2D eigenvalue weighted by atomic mass is 10.1. The molecule has 0 fully saturated rings. The molecule has 0 aliphatic heterocycles. The summed E-state index contributed by atoms with van der Waals surface area (Å²) >= 11 is 0. The molecule has 0 spiro atoms. The highest BCUT2D eigenvalue weighted by molar-refractivity contribution is 6.04. The molecule has 4 heteroatoms. The number of hydrogen-bond donors (Lipinski definition) is 2. The molecule has 0 bridgehead atoms. The third-order valence-corrected chi connectivity index (χ3v) is 3.11. The van der Waals surface area contributed by atoms with Crippen LogP contribution in [0.4, 0.5) is 5.69 Å². The maximum absolute atomic E-state index is 12.2. The number of anilines is 1. The molecule has 0 aliphatic rings. The van der Waals surface area contributed by atoms with Gasteiger partial charge in [0.15, 0.2) is 0 Å². The van der Waals surface area contributed by atoms with Gasteiger partial charge in [0.25, 0.3) is 5.91 Å². The Hall–Kier alpha value is -2.33. The van der Waals surface area contributed by atoms with Crippen LogP contribution in [0.25, 0.3) is 0 Å². The summed E-state index contributed by atoms with van der Waals surface area (Å²) in [5.41, 5.74) is 2.78. The van der Waals surface area contributed by atoms with E-state index < -0.39 is 0 Å². The minimum absolute atomic E-state index is 0.117. The number of aliphatic hydroxyl groups is 1. The van der Waals surface area contributed by atoms with E-state index in [1.54, 1.807) is 31.4 Å². The van der Waals surface area contributed by atoms with E-state index >= 15 is 0 Å². The van der Waals surface area contributed by atoms with E-state index in [4.69, 9.17) is 4.74 Å². The molecule has 20 heavy (non-hydrogen) atoms. The zero-order valence-electron chi connectivity index (χ0n) is 11.5. The van der Waals surface area contributed by atoms with E-state index in [0.29, 0.717) is 22.6 Å². The Morgan fingerprint density at radius 1 is 1.25 bits per heavy atom. The first-order chi connectivity index (χ1) is 9.65. The summed E-state index contributed by atoms with van der Waals surface area (Å²) in [4.78, 5) is 12.2. The predicted molar refractivity (Wildman–Crippen MR) is 78.0 cm³/mol. The number of aliphatic hydroxyl groups excluding tert-OH is 1. The molecule has 2 aromatic rings. The normalized spacial score (nSPS) is 10.2. The molecule has 0 saturated carbocycles. The van der Waals surface area contributed by atoms with Gasteiger partial charge < -0.3 is 15.2 Å². The molecule has 2 aromatic carbocycles. The SMILES string of the molecule is COc1cc(C(=O)Nc2ccccc2CO)ccc1C. The summed E-state index contributed by atoms with van der Waals surface area (Å²) in [5.74, 6) is 0.442. The largest absolute Gasteiger partial charge is 0.496 e. The number of carbonyl (C=O) groups is 1. The third kappa shape index (κ3) is 2.97. The number of para-hydroxylation sites is 1. The van der Waals surface area contributed by atoms with Crippen LogP contribution in [0, 0.1) is 6.92 Å². The number of amides is 1. The van der Waals surface area contributed by atoms with Gasteiger partial charge in [-0.25, -0.2) is 0 Å². The average Bonchev–Trinajstić information content (AvgIpc) is 2.48. The van der Waals surface area contributed by atoms with Crippen LogP contribution in [0.1, 0.15) is 21.5 Å². The summed E-state index contributed by atoms with van der Waals surface area (Å²) < 4.78 is 5.21. The fourth-order valence-electron chi connectivity index (χ4n) is 1.94. The summed E-state index contributed by atoms with van der Waals surface area (Å²) in [7, 11) is 1.57. The third-order valence-electron chi connectivity index (χ3n) is 3.11. The maximum atomic E-state index is 12.2. The molecule has 0 radical (unpaired) electrons. The van der Waals surface area contributed by atoms with Crippen LogP contribution < -0.4 is 10.1 Å². The lowest BCUT2D eigenvalue weighted by Crippen LogP contribution is -2.13. The molecule has 1 amide bonds. The van der Waals surface area contributed by atoms with Crippen molar-refractivity contribution in [3.05, 3.63) is 59.2 Å². The Kier molecular flexibility index (Phi) is 4.38. The minimum Gasteiger partial charge on any atom is -0.496 e. The summed E-state index contributed by atoms with van der Waals surface area (Å²) in [6.45, 7) is 1.80. The van der Waals surface area contributed by atoms with Gasteiger partial charge in [-0.1, -0.05) is 24.3 Å². The number of aryl methyl sites for hydroxylation is 1. The van der Waals surface area contributed by atoms with Crippen molar-refractivity contribution in [1.29, 1.82) is 0 Å². The molecule has 2 N–H and O–H groups in total. The quantitative estimate of drug-likeness (QED) is 0.899. The molecule has 0 aliphatic carbocycles. The van der Waals surface area contributed by atoms with Crippen molar-refractivity contribution in [3.8, 4) is 5.75 Å². The highest BCUT2D eigenvalue weighted by atomic mass is 16.5. The lowest BCUT2D eigenvalue weighted by Gasteiger charge is -2.11. The second kappa shape index (κ2) is 6.21. The number of benzene rings is 2. The Morgan fingerprint density at radius 3 is 2.70 bits per heavy atom. The number of ether oxygens (including phenoxy) is 1. The highest BCUT2D eigenvalue weighted by Gasteiger charge is 2.10. The van der Waals surface area contributed by atoms with Crippen LogP contribution in [0.3, 0.4) is 0 Å². The van der Waals surface area contributed by atoms with Crippen LogP contribution in [-0.4, -0.2) is 18.1 Å². The van der Waals surface area contributed by atoms with Crippen molar-refractivity contribution in [3.63, 3.8) is 0 Å². The van der Waals surface area contributed by atoms with E-state index in [2.05, 4.69) is 5.32 Å². The Labute approximate surface area is 118 Å². The zero-order chi connectivity index (χ0) is 14.5. The monoisotopic (exact) mass is 271 g/mol. The predicted octanol–water partition coefficient (Wildman–Crippen LogP) is 2.75. The first-order valence-corrected chi connectivity index (χ1v) is 6.30. The van der Waals surface area contributed by atoms with Gasteiger partial charge in [0, 0.05) is 16.8 Å². The summed E-state index contributed by atoms with van der Waals surface area (Å²) in [6.07, 6.45) is 0. The van der Waals surface area contributed by atoms with Crippen molar-refractivity contribution < 1.29 is 14.6 Å². The fraction of sp³-hybridized carbons (Fsp3) is 0.188. The first-order valence-electron chi connectivity index (χ1n) is 6.30. The molecule has 104 valence electrons. The van der Waals surface area contributed by atoms with Crippen LogP contribution >= 0.6 is 0 Å². The average molecular weight is 271 g/mol. The van der Waals surface area contributed by atoms with Crippen molar-refractivity contribution in [2.75, 3.05) is 12.4 Å². The van der Waals surface area contributed by atoms with Gasteiger partial charge in [0.05, 0.1) is 13.7 Å². The molecular weight excluding hydrogens is 254 g/mol. The van der Waals surface area contributed by atoms with E-state index in [1.807, 2.05) is 25.1 Å². The second-order valence-electron chi connectivity index (χ2n) is 4.45. The lowest BCUT2D eigenvalue weighted by molar-refractivity contribution is 0.102. The standard InChI is InChI=1S/C16H17NO3/c1-11-7-8-12(9-15(11)20-2)16(19)17-14-6-4-3-5-13(14)10-18/h3-9,18H,10H2,1-2H3,(H,17,19). The van der Waals surface area contributed by atoms with Gasteiger partial charge in [0.1, 0.15) is 5.75 Å². The van der Waals surface area contributed by atoms with Crippen LogP contribution in [0.2, 0.25) is 0 Å². The van der Waals surface area contributed by atoms with Gasteiger partial charge in [-0.05, 0) is 30.7 Å². The van der Waals surface area contributed by atoms with Gasteiger partial charge in [0.2, 0.25) is 0 Å². The number of carbonyl (C=O) groups excluding carboxylic acids is 1. The van der Waals surface area contributed by atoms with Crippen molar-refractivity contribution in [1.82, 2.24) is 0 Å². The molecule has 0 aromatic heterocycles. The number of rotatable bonds is 4. The second-order valence-corrected chi connectivity index (χ2v) is 4.45. The Bertz CT molecular complexity index is 623. The van der Waals surface area contributed by atoms with E-state index in [-0.39, 0.29) is 12.5 Å². The van der Waals surface area contributed by atoms with Crippen molar-refractivity contribution >= 4 is 11.6 Å². The highest BCUT2D eigenvalue weighted by Crippen LogP contribution is 2.21. The molecule has 4 nitrogen and oxygen atoms in total. The summed E-state index contributed by atoms with van der Waals surface area (Å²) in [5, 5.41) is 12.0. The van der Waals surface area contributed by atoms with E-state index in [1.165, 1.54) is 0 Å². The van der Waals surface area contributed by atoms with Gasteiger partial charge >= 0.3 is 0 Å². The molecule has 0 saturated heterocycles. The topological polar surface area (TPSA) is 58.6 Å². The van der Waals surface area contributed by atoms with E-state index in [0.717, 1.165) is 5.56 Å². The Morgan fingerprint density at radius 2 is 2.00 bits per heavy atom. The summed E-state index contributed by atoms with van der Waals surface area (Å²) in [6, 6.07) is 12.4. The molecular formula is C16H17NO3. The Balaban J connectivity index is 2.24. The molecule has 0 unspecified atom stereocenters. The van der Waals surface area contributed by atoms with Gasteiger partial charge in [-0.3, -0.25) is 4.79 Å². The molecule has 0 atom stereocenters. The minimum atomic E-state index is -0.232.